The number of rotatable bonds is 5. The van der Waals surface area contributed by atoms with Gasteiger partial charge in [-0.2, -0.15) is 5.10 Å². The summed E-state index contributed by atoms with van der Waals surface area (Å²) in [6, 6.07) is 0.00769. The number of nitrogens with one attached hydrogen (secondary N) is 3. The predicted octanol–water partition coefficient (Wildman–Crippen LogP) is 1.73. The molecule has 1 saturated heterocycles. The first-order valence-corrected chi connectivity index (χ1v) is 10.1. The minimum Gasteiger partial charge on any atom is -0.341 e. The summed E-state index contributed by atoms with van der Waals surface area (Å²) in [5.74, 6) is 0.0654. The van der Waals surface area contributed by atoms with Gasteiger partial charge in [0.15, 0.2) is 0 Å². The zero-order chi connectivity index (χ0) is 19.2. The maximum atomic E-state index is 12.9. The van der Waals surface area contributed by atoms with Crippen LogP contribution in [0.15, 0.2) is 12.4 Å². The molecule has 1 unspecified atom stereocenters. The van der Waals surface area contributed by atoms with Crippen molar-refractivity contribution >= 4 is 24.3 Å². The Labute approximate surface area is 173 Å². The number of hydrogen-bond donors (Lipinski definition) is 3. The van der Waals surface area contributed by atoms with Gasteiger partial charge in [0.1, 0.15) is 6.04 Å². The van der Waals surface area contributed by atoms with Crippen LogP contribution in [0.2, 0.25) is 0 Å². The molecule has 158 valence electrons. The average Bonchev–Trinajstić information content (AvgIpc) is 3.09. The van der Waals surface area contributed by atoms with E-state index in [0.717, 1.165) is 31.2 Å². The molecule has 2 aliphatic rings. The van der Waals surface area contributed by atoms with Crippen molar-refractivity contribution < 1.29 is 9.59 Å². The van der Waals surface area contributed by atoms with E-state index in [9.17, 15) is 9.59 Å². The van der Waals surface area contributed by atoms with Crippen LogP contribution in [0.1, 0.15) is 56.6 Å². The number of urea groups is 1. The number of carbonyl (C=O) groups excluding carboxylic acids is 2. The highest BCUT2D eigenvalue weighted by molar-refractivity contribution is 5.85. The number of aryl methyl sites for hydroxylation is 1. The highest BCUT2D eigenvalue weighted by Gasteiger charge is 2.29. The molecule has 8 nitrogen and oxygen atoms in total. The summed E-state index contributed by atoms with van der Waals surface area (Å²) < 4.78 is 1.70. The van der Waals surface area contributed by atoms with Crippen LogP contribution in [0, 0.1) is 0 Å². The summed E-state index contributed by atoms with van der Waals surface area (Å²) in [5, 5.41) is 13.4. The van der Waals surface area contributed by atoms with E-state index in [-0.39, 0.29) is 36.4 Å². The lowest BCUT2D eigenvalue weighted by molar-refractivity contribution is -0.134. The van der Waals surface area contributed by atoms with E-state index in [0.29, 0.717) is 19.1 Å². The second-order valence-corrected chi connectivity index (χ2v) is 7.72. The number of amides is 3. The Balaban J connectivity index is 0.00000280. The minimum atomic E-state index is -0.377. The van der Waals surface area contributed by atoms with Gasteiger partial charge in [0.2, 0.25) is 5.91 Å². The van der Waals surface area contributed by atoms with Crippen molar-refractivity contribution in [2.45, 2.75) is 63.1 Å². The Morgan fingerprint density at radius 1 is 1.07 bits per heavy atom. The number of halogens is 1. The Morgan fingerprint density at radius 3 is 2.21 bits per heavy atom. The molecular weight excluding hydrogens is 380 g/mol. The maximum absolute atomic E-state index is 12.9. The first-order chi connectivity index (χ1) is 13.1. The fourth-order valence-corrected chi connectivity index (χ4v) is 4.11. The van der Waals surface area contributed by atoms with Crippen LogP contribution in [0.25, 0.3) is 0 Å². The monoisotopic (exact) mass is 412 g/mol. The van der Waals surface area contributed by atoms with Crippen LogP contribution in [0.4, 0.5) is 4.79 Å². The molecule has 0 radical (unpaired) electrons. The fraction of sp³-hybridized carbons (Fsp3) is 0.737. The summed E-state index contributed by atoms with van der Waals surface area (Å²) in [6.07, 6.45) is 11.0. The number of hydrogen-bond acceptors (Lipinski definition) is 4. The van der Waals surface area contributed by atoms with E-state index in [1.807, 2.05) is 18.1 Å². The number of likely N-dealkylation sites (tertiary alicyclic amines) is 1. The van der Waals surface area contributed by atoms with E-state index in [2.05, 4.69) is 21.0 Å². The molecule has 1 aliphatic carbocycles. The third-order valence-electron chi connectivity index (χ3n) is 5.68. The molecule has 1 saturated carbocycles. The zero-order valence-corrected chi connectivity index (χ0v) is 17.6. The second kappa shape index (κ2) is 10.7. The van der Waals surface area contributed by atoms with E-state index >= 15 is 0 Å². The molecule has 3 N–H and O–H groups in total. The van der Waals surface area contributed by atoms with Gasteiger partial charge in [0.25, 0.3) is 0 Å². The summed E-state index contributed by atoms with van der Waals surface area (Å²) >= 11 is 0. The Morgan fingerprint density at radius 2 is 1.68 bits per heavy atom. The van der Waals surface area contributed by atoms with Gasteiger partial charge >= 0.3 is 6.03 Å². The van der Waals surface area contributed by atoms with Gasteiger partial charge in [0.05, 0.1) is 6.20 Å². The first-order valence-electron chi connectivity index (χ1n) is 10.1. The van der Waals surface area contributed by atoms with Gasteiger partial charge in [-0.25, -0.2) is 4.79 Å². The smallest absolute Gasteiger partial charge is 0.315 e. The SMILES string of the molecule is CNC(C(=O)N1CCC(NC(=O)NC2CCCCC2)CC1)c1cnn(C)c1.Cl. The summed E-state index contributed by atoms with van der Waals surface area (Å²) in [4.78, 5) is 27.0. The predicted molar refractivity (Wildman–Crippen MR) is 110 cm³/mol. The molecule has 2 fully saturated rings. The molecular formula is C19H33ClN6O2. The first kappa shape index (κ1) is 22.5. The van der Waals surface area contributed by atoms with Crippen molar-refractivity contribution in [3.8, 4) is 0 Å². The normalized spacial score (nSPS) is 19.6. The molecule has 0 bridgehead atoms. The second-order valence-electron chi connectivity index (χ2n) is 7.72. The highest BCUT2D eigenvalue weighted by atomic mass is 35.5. The fourth-order valence-electron chi connectivity index (χ4n) is 4.11. The molecule has 9 heteroatoms. The third-order valence-corrected chi connectivity index (χ3v) is 5.68. The number of likely N-dealkylation sites (N-methyl/N-ethyl adjacent to an activating group) is 1. The molecule has 28 heavy (non-hydrogen) atoms. The topological polar surface area (TPSA) is 91.3 Å². The summed E-state index contributed by atoms with van der Waals surface area (Å²) in [5.41, 5.74) is 0.872. The molecule has 0 aromatic carbocycles. The lowest BCUT2D eigenvalue weighted by atomic mass is 9.96. The van der Waals surface area contributed by atoms with Gasteiger partial charge in [0, 0.05) is 44.0 Å². The van der Waals surface area contributed by atoms with Crippen molar-refractivity contribution in [2.24, 2.45) is 7.05 Å². The van der Waals surface area contributed by atoms with Crippen LogP contribution in [0.5, 0.6) is 0 Å². The molecule has 0 spiro atoms. The Kier molecular flexibility index (Phi) is 8.57. The van der Waals surface area contributed by atoms with Crippen LogP contribution >= 0.6 is 12.4 Å². The standard InChI is InChI=1S/C19H32N6O2.ClH/c1-20-17(14-12-21-24(2)13-14)18(26)25-10-8-16(9-11-25)23-19(27)22-15-6-4-3-5-7-15;/h12-13,15-17,20H,3-11H2,1-2H3,(H2,22,23,27);1H. The molecule has 1 atom stereocenters. The Hall–Kier alpha value is -1.80. The lowest BCUT2D eigenvalue weighted by Gasteiger charge is -2.34. The van der Waals surface area contributed by atoms with Crippen LogP contribution in [-0.2, 0) is 11.8 Å². The van der Waals surface area contributed by atoms with E-state index in [4.69, 9.17) is 0 Å². The van der Waals surface area contributed by atoms with E-state index in [1.165, 1.54) is 19.3 Å². The van der Waals surface area contributed by atoms with Crippen molar-refractivity contribution in [2.75, 3.05) is 20.1 Å². The van der Waals surface area contributed by atoms with Crippen molar-refractivity contribution in [1.82, 2.24) is 30.6 Å². The summed E-state index contributed by atoms with van der Waals surface area (Å²) in [6.45, 7) is 1.32. The van der Waals surface area contributed by atoms with Crippen LogP contribution < -0.4 is 16.0 Å². The van der Waals surface area contributed by atoms with Crippen molar-refractivity contribution in [3.05, 3.63) is 18.0 Å². The Bertz CT molecular complexity index is 638. The van der Waals surface area contributed by atoms with Gasteiger partial charge in [-0.3, -0.25) is 9.48 Å². The molecule has 1 aliphatic heterocycles. The largest absolute Gasteiger partial charge is 0.341 e. The molecule has 1 aromatic heterocycles. The van der Waals surface area contributed by atoms with Gasteiger partial charge in [-0.05, 0) is 32.7 Å². The quantitative estimate of drug-likeness (QED) is 0.686. The average molecular weight is 413 g/mol. The van der Waals surface area contributed by atoms with Gasteiger partial charge < -0.3 is 20.9 Å². The molecule has 3 rings (SSSR count). The van der Waals surface area contributed by atoms with Crippen LogP contribution in [0.3, 0.4) is 0 Å². The van der Waals surface area contributed by atoms with Crippen LogP contribution in [-0.4, -0.2) is 58.8 Å². The van der Waals surface area contributed by atoms with Crippen molar-refractivity contribution in [3.63, 3.8) is 0 Å². The van der Waals surface area contributed by atoms with Gasteiger partial charge in [-0.1, -0.05) is 19.3 Å². The maximum Gasteiger partial charge on any atom is 0.315 e. The highest BCUT2D eigenvalue weighted by Crippen LogP contribution is 2.19. The zero-order valence-electron chi connectivity index (χ0n) is 16.8. The third kappa shape index (κ3) is 5.85. The molecule has 3 amide bonds. The number of nitrogens with zero attached hydrogens (tertiary/aromatic N) is 3. The number of aromatic nitrogens is 2. The van der Waals surface area contributed by atoms with Gasteiger partial charge in [-0.15, -0.1) is 12.4 Å². The molecule has 2 heterocycles. The molecule has 1 aromatic rings. The summed E-state index contributed by atoms with van der Waals surface area (Å²) in [7, 11) is 3.63. The van der Waals surface area contributed by atoms with E-state index in [1.54, 1.807) is 17.9 Å². The minimum absolute atomic E-state index is 0. The van der Waals surface area contributed by atoms with Crippen molar-refractivity contribution in [1.29, 1.82) is 0 Å². The number of carbonyl (C=O) groups is 2. The van der Waals surface area contributed by atoms with E-state index < -0.39 is 0 Å². The lowest BCUT2D eigenvalue weighted by Crippen LogP contribution is -2.52. The number of piperidine rings is 1.